The Balaban J connectivity index is 2.43. The van der Waals surface area contributed by atoms with Crippen LogP contribution < -0.4 is 9.64 Å². The second-order valence-electron chi connectivity index (χ2n) is 4.60. The van der Waals surface area contributed by atoms with Gasteiger partial charge in [0.05, 0.1) is 15.0 Å². The van der Waals surface area contributed by atoms with Crippen LogP contribution in [0.2, 0.25) is 15.1 Å². The van der Waals surface area contributed by atoms with Crippen molar-refractivity contribution in [2.45, 2.75) is 0 Å². The third kappa shape index (κ3) is 3.55. The molecule has 0 aliphatic carbocycles. The summed E-state index contributed by atoms with van der Waals surface area (Å²) in [7, 11) is 3.41. The molecule has 0 fully saturated rings. The van der Waals surface area contributed by atoms with E-state index in [-0.39, 0.29) is 21.5 Å². The van der Waals surface area contributed by atoms with E-state index in [0.29, 0.717) is 16.5 Å². The first kappa shape index (κ1) is 16.7. The van der Waals surface area contributed by atoms with Crippen molar-refractivity contribution in [3.05, 3.63) is 55.5 Å². The Kier molecular flexibility index (Phi) is 5.01. The van der Waals surface area contributed by atoms with Crippen molar-refractivity contribution in [3.8, 4) is 11.5 Å². The van der Waals surface area contributed by atoms with Gasteiger partial charge in [0.2, 0.25) is 0 Å². The van der Waals surface area contributed by atoms with Crippen LogP contribution in [0.3, 0.4) is 0 Å². The lowest BCUT2D eigenvalue weighted by molar-refractivity contribution is -0.384. The standard InChI is InChI=1S/C14H11Cl3N2O3/c1-18(2)13-7-9(3-4-12(13)19(20)21)22-14-10(16)5-8(15)6-11(14)17/h3-7H,1-2H3. The summed E-state index contributed by atoms with van der Waals surface area (Å²) in [6, 6.07) is 7.39. The van der Waals surface area contributed by atoms with Crippen LogP contribution in [0.4, 0.5) is 11.4 Å². The maximum absolute atomic E-state index is 11.0. The molecule has 0 bridgehead atoms. The highest BCUT2D eigenvalue weighted by molar-refractivity contribution is 6.40. The van der Waals surface area contributed by atoms with Crippen LogP contribution in [0.1, 0.15) is 0 Å². The number of rotatable bonds is 4. The number of anilines is 1. The number of halogens is 3. The normalized spacial score (nSPS) is 10.4. The van der Waals surface area contributed by atoms with Gasteiger partial charge in [-0.25, -0.2) is 0 Å². The van der Waals surface area contributed by atoms with Crippen molar-refractivity contribution in [3.63, 3.8) is 0 Å². The summed E-state index contributed by atoms with van der Waals surface area (Å²) in [5.41, 5.74) is 0.384. The molecule has 2 rings (SSSR count). The van der Waals surface area contributed by atoms with Crippen molar-refractivity contribution < 1.29 is 9.66 Å². The molecule has 0 spiro atoms. The maximum Gasteiger partial charge on any atom is 0.292 e. The zero-order chi connectivity index (χ0) is 16.4. The molecule has 0 aliphatic rings. The van der Waals surface area contributed by atoms with E-state index in [4.69, 9.17) is 39.5 Å². The summed E-state index contributed by atoms with van der Waals surface area (Å²) in [5, 5.41) is 11.9. The average molecular weight is 362 g/mol. The smallest absolute Gasteiger partial charge is 0.292 e. The summed E-state index contributed by atoms with van der Waals surface area (Å²) < 4.78 is 5.65. The van der Waals surface area contributed by atoms with Gasteiger partial charge in [0.15, 0.2) is 5.75 Å². The van der Waals surface area contributed by atoms with Crippen molar-refractivity contribution in [1.29, 1.82) is 0 Å². The van der Waals surface area contributed by atoms with Crippen LogP contribution in [0.25, 0.3) is 0 Å². The minimum atomic E-state index is -0.457. The van der Waals surface area contributed by atoms with Gasteiger partial charge in [-0.15, -0.1) is 0 Å². The zero-order valence-corrected chi connectivity index (χ0v) is 13.9. The Morgan fingerprint density at radius 2 is 1.68 bits per heavy atom. The first-order valence-corrected chi connectivity index (χ1v) is 7.21. The molecule has 5 nitrogen and oxygen atoms in total. The molecule has 0 N–H and O–H groups in total. The zero-order valence-electron chi connectivity index (χ0n) is 11.6. The van der Waals surface area contributed by atoms with Gasteiger partial charge in [0.25, 0.3) is 5.69 Å². The molecule has 116 valence electrons. The molecule has 0 saturated carbocycles. The predicted octanol–water partition coefficient (Wildman–Crippen LogP) is 5.41. The Morgan fingerprint density at radius 3 is 2.18 bits per heavy atom. The quantitative estimate of drug-likeness (QED) is 0.539. The van der Waals surface area contributed by atoms with Gasteiger partial charge in [-0.2, -0.15) is 0 Å². The number of hydrogen-bond donors (Lipinski definition) is 0. The topological polar surface area (TPSA) is 55.6 Å². The van der Waals surface area contributed by atoms with Crippen LogP contribution in [0, 0.1) is 10.1 Å². The number of hydrogen-bond acceptors (Lipinski definition) is 4. The molecule has 22 heavy (non-hydrogen) atoms. The van der Waals surface area contributed by atoms with Crippen LogP contribution in [0.15, 0.2) is 30.3 Å². The first-order valence-electron chi connectivity index (χ1n) is 6.07. The Hall–Kier alpha value is -1.69. The third-order valence-corrected chi connectivity index (χ3v) is 3.59. The van der Waals surface area contributed by atoms with Gasteiger partial charge in [-0.1, -0.05) is 34.8 Å². The predicted molar refractivity (Wildman–Crippen MR) is 89.0 cm³/mol. The van der Waals surface area contributed by atoms with E-state index in [2.05, 4.69) is 0 Å². The molecular weight excluding hydrogens is 351 g/mol. The van der Waals surface area contributed by atoms with Gasteiger partial charge in [0, 0.05) is 31.3 Å². The molecule has 0 atom stereocenters. The number of ether oxygens (including phenoxy) is 1. The Bertz CT molecular complexity index is 712. The van der Waals surface area contributed by atoms with Crippen LogP contribution >= 0.6 is 34.8 Å². The fourth-order valence-electron chi connectivity index (χ4n) is 1.82. The van der Waals surface area contributed by atoms with Crippen molar-refractivity contribution in [2.24, 2.45) is 0 Å². The average Bonchev–Trinajstić information content (AvgIpc) is 2.42. The largest absolute Gasteiger partial charge is 0.454 e. The summed E-state index contributed by atoms with van der Waals surface area (Å²) in [5.74, 6) is 0.617. The highest BCUT2D eigenvalue weighted by Gasteiger charge is 2.18. The summed E-state index contributed by atoms with van der Waals surface area (Å²) in [6.07, 6.45) is 0. The third-order valence-electron chi connectivity index (χ3n) is 2.81. The molecule has 0 amide bonds. The minimum Gasteiger partial charge on any atom is -0.454 e. The van der Waals surface area contributed by atoms with E-state index < -0.39 is 4.92 Å². The molecule has 8 heteroatoms. The lowest BCUT2D eigenvalue weighted by Gasteiger charge is -2.15. The number of benzene rings is 2. The molecule has 0 saturated heterocycles. The van der Waals surface area contributed by atoms with Crippen molar-refractivity contribution in [2.75, 3.05) is 19.0 Å². The van der Waals surface area contributed by atoms with Gasteiger partial charge < -0.3 is 9.64 Å². The molecule has 0 radical (unpaired) electrons. The molecule has 0 heterocycles. The summed E-state index contributed by atoms with van der Waals surface area (Å²) in [6.45, 7) is 0. The Labute approximate surface area is 142 Å². The molecule has 2 aromatic rings. The van der Waals surface area contributed by atoms with E-state index >= 15 is 0 Å². The molecule has 0 unspecified atom stereocenters. The highest BCUT2D eigenvalue weighted by Crippen LogP contribution is 2.40. The lowest BCUT2D eigenvalue weighted by Crippen LogP contribution is -2.11. The molecular formula is C14H11Cl3N2O3. The number of nitrogens with zero attached hydrogens (tertiary/aromatic N) is 2. The SMILES string of the molecule is CN(C)c1cc(Oc2c(Cl)cc(Cl)cc2Cl)ccc1[N+](=O)[O-]. The minimum absolute atomic E-state index is 0.0225. The summed E-state index contributed by atoms with van der Waals surface area (Å²) >= 11 is 18.0. The Morgan fingerprint density at radius 1 is 1.09 bits per heavy atom. The lowest BCUT2D eigenvalue weighted by atomic mass is 10.2. The van der Waals surface area contributed by atoms with Gasteiger partial charge >= 0.3 is 0 Å². The second-order valence-corrected chi connectivity index (χ2v) is 5.85. The van der Waals surface area contributed by atoms with Crippen LogP contribution in [0.5, 0.6) is 11.5 Å². The fraction of sp³-hybridized carbons (Fsp3) is 0.143. The van der Waals surface area contributed by atoms with Gasteiger partial charge in [0.1, 0.15) is 11.4 Å². The first-order chi connectivity index (χ1) is 10.3. The van der Waals surface area contributed by atoms with E-state index in [1.54, 1.807) is 25.1 Å². The highest BCUT2D eigenvalue weighted by atomic mass is 35.5. The molecule has 0 aliphatic heterocycles. The van der Waals surface area contributed by atoms with Gasteiger partial charge in [-0.3, -0.25) is 10.1 Å². The van der Waals surface area contributed by atoms with E-state index in [1.165, 1.54) is 24.3 Å². The van der Waals surface area contributed by atoms with Crippen LogP contribution in [-0.2, 0) is 0 Å². The maximum atomic E-state index is 11.0. The number of nitro benzene ring substituents is 1. The molecule has 0 aromatic heterocycles. The summed E-state index contributed by atoms with van der Waals surface area (Å²) in [4.78, 5) is 12.2. The number of nitro groups is 1. The monoisotopic (exact) mass is 360 g/mol. The fourth-order valence-corrected chi connectivity index (χ4v) is 2.72. The van der Waals surface area contributed by atoms with Crippen molar-refractivity contribution >= 4 is 46.2 Å². The van der Waals surface area contributed by atoms with Crippen molar-refractivity contribution in [1.82, 2.24) is 0 Å². The van der Waals surface area contributed by atoms with E-state index in [1.807, 2.05) is 0 Å². The van der Waals surface area contributed by atoms with Gasteiger partial charge in [-0.05, 0) is 18.2 Å². The molecule has 2 aromatic carbocycles. The van der Waals surface area contributed by atoms with E-state index in [0.717, 1.165) is 0 Å². The second kappa shape index (κ2) is 6.60. The van der Waals surface area contributed by atoms with Crippen LogP contribution in [-0.4, -0.2) is 19.0 Å². The van der Waals surface area contributed by atoms with E-state index in [9.17, 15) is 10.1 Å².